The topological polar surface area (TPSA) is 63.2 Å². The second-order valence-corrected chi connectivity index (χ2v) is 10.0. The lowest BCUT2D eigenvalue weighted by atomic mass is 9.92. The fourth-order valence-electron chi connectivity index (χ4n) is 4.00. The molecule has 0 spiro atoms. The number of benzene rings is 2. The van der Waals surface area contributed by atoms with Crippen molar-refractivity contribution in [2.24, 2.45) is 4.99 Å². The molecule has 1 aliphatic rings. The maximum Gasteiger partial charge on any atom is 0.416 e. The standard InChI is InChI=1S/C26H29F6N3O3/c1-23(2,3)38-22(36)33-13-21-34-24(15-35(21)4,18-8-6-5-7-9-18)16-37-14-17-10-19(25(27,28)29)12-20(11-17)26(30,31)32/h5-12H,13-16H2,1-4H3,(H,33,36)/t24-/m1/s1. The first-order valence-corrected chi connectivity index (χ1v) is 11.7. The quantitative estimate of drug-likeness (QED) is 0.434. The van der Waals surface area contributed by atoms with Crippen LogP contribution in [-0.4, -0.2) is 49.2 Å². The number of nitrogens with one attached hydrogen (secondary N) is 1. The van der Waals surface area contributed by atoms with Crippen molar-refractivity contribution in [2.75, 3.05) is 26.7 Å². The Kier molecular flexibility index (Phi) is 8.35. The lowest BCUT2D eigenvalue weighted by Crippen LogP contribution is -2.40. The van der Waals surface area contributed by atoms with Gasteiger partial charge in [-0.15, -0.1) is 0 Å². The number of nitrogens with zero attached hydrogens (tertiary/aromatic N) is 2. The number of ether oxygens (including phenoxy) is 2. The highest BCUT2D eigenvalue weighted by Gasteiger charge is 2.41. The number of aliphatic imine (C=N–C) groups is 1. The highest BCUT2D eigenvalue weighted by molar-refractivity contribution is 5.89. The molecule has 1 amide bonds. The second-order valence-electron chi connectivity index (χ2n) is 10.0. The van der Waals surface area contributed by atoms with Crippen LogP contribution < -0.4 is 5.32 Å². The normalized spacial score (nSPS) is 18.4. The molecule has 0 radical (unpaired) electrons. The number of alkyl carbamates (subject to hydrolysis) is 1. The minimum atomic E-state index is -4.95. The van der Waals surface area contributed by atoms with Crippen molar-refractivity contribution in [3.05, 3.63) is 70.8 Å². The molecule has 0 saturated heterocycles. The number of halogens is 6. The smallest absolute Gasteiger partial charge is 0.416 e. The Hall–Kier alpha value is -3.28. The summed E-state index contributed by atoms with van der Waals surface area (Å²) in [6, 6.07) is 10.3. The molecule has 1 heterocycles. The van der Waals surface area contributed by atoms with E-state index in [1.807, 2.05) is 0 Å². The number of amidine groups is 1. The molecule has 12 heteroatoms. The largest absolute Gasteiger partial charge is 0.444 e. The molecular formula is C26H29F6N3O3. The van der Waals surface area contributed by atoms with E-state index in [9.17, 15) is 31.1 Å². The van der Waals surface area contributed by atoms with Crippen molar-refractivity contribution in [1.29, 1.82) is 0 Å². The van der Waals surface area contributed by atoms with Gasteiger partial charge in [-0.25, -0.2) is 4.79 Å². The summed E-state index contributed by atoms with van der Waals surface area (Å²) in [7, 11) is 1.75. The zero-order chi connectivity index (χ0) is 28.4. The Morgan fingerprint density at radius 3 is 2.11 bits per heavy atom. The number of carbonyl (C=O) groups excluding carboxylic acids is 1. The Morgan fingerprint density at radius 1 is 1.00 bits per heavy atom. The number of carbonyl (C=O) groups is 1. The molecule has 208 valence electrons. The molecule has 1 N–H and O–H groups in total. The van der Waals surface area contributed by atoms with Crippen LogP contribution in [0.2, 0.25) is 0 Å². The van der Waals surface area contributed by atoms with Gasteiger partial charge in [0.2, 0.25) is 0 Å². The molecule has 0 unspecified atom stereocenters. The van der Waals surface area contributed by atoms with Gasteiger partial charge in [0, 0.05) is 7.05 Å². The van der Waals surface area contributed by atoms with Crippen LogP contribution >= 0.6 is 0 Å². The summed E-state index contributed by atoms with van der Waals surface area (Å²) in [5.74, 6) is 0.502. The number of amides is 1. The monoisotopic (exact) mass is 545 g/mol. The maximum atomic E-state index is 13.2. The summed E-state index contributed by atoms with van der Waals surface area (Å²) in [5.41, 5.74) is -4.03. The van der Waals surface area contributed by atoms with Gasteiger partial charge in [0.25, 0.3) is 0 Å². The summed E-state index contributed by atoms with van der Waals surface area (Å²) in [4.78, 5) is 18.6. The van der Waals surface area contributed by atoms with E-state index in [0.29, 0.717) is 24.5 Å². The predicted molar refractivity (Wildman–Crippen MR) is 129 cm³/mol. The van der Waals surface area contributed by atoms with Crippen molar-refractivity contribution in [3.8, 4) is 0 Å². The highest BCUT2D eigenvalue weighted by Crippen LogP contribution is 2.37. The summed E-state index contributed by atoms with van der Waals surface area (Å²) < 4.78 is 90.3. The molecule has 0 fully saturated rings. The van der Waals surface area contributed by atoms with Crippen molar-refractivity contribution in [3.63, 3.8) is 0 Å². The van der Waals surface area contributed by atoms with Crippen LogP contribution in [0.5, 0.6) is 0 Å². The van der Waals surface area contributed by atoms with Crippen LogP contribution in [0.3, 0.4) is 0 Å². The molecule has 2 aromatic carbocycles. The average Bonchev–Trinajstić information content (AvgIpc) is 3.12. The van der Waals surface area contributed by atoms with E-state index in [1.165, 1.54) is 0 Å². The van der Waals surface area contributed by atoms with Gasteiger partial charge < -0.3 is 19.7 Å². The van der Waals surface area contributed by atoms with Crippen LogP contribution in [-0.2, 0) is 34.0 Å². The zero-order valence-electron chi connectivity index (χ0n) is 21.3. The van der Waals surface area contributed by atoms with E-state index in [1.54, 1.807) is 63.1 Å². The Morgan fingerprint density at radius 2 is 1.58 bits per heavy atom. The lowest BCUT2D eigenvalue weighted by molar-refractivity contribution is -0.143. The Balaban J connectivity index is 1.82. The molecule has 0 aliphatic carbocycles. The van der Waals surface area contributed by atoms with Crippen LogP contribution in [0.25, 0.3) is 0 Å². The third kappa shape index (κ3) is 7.62. The number of hydrogen-bond acceptors (Lipinski definition) is 5. The summed E-state index contributed by atoms with van der Waals surface area (Å²) in [5, 5.41) is 2.64. The molecule has 6 nitrogen and oxygen atoms in total. The summed E-state index contributed by atoms with van der Waals surface area (Å²) in [6.45, 7) is 4.91. The summed E-state index contributed by atoms with van der Waals surface area (Å²) in [6.07, 6.45) is -10.5. The molecule has 0 saturated carbocycles. The van der Waals surface area contributed by atoms with Crippen molar-refractivity contribution in [2.45, 2.75) is 50.9 Å². The molecule has 38 heavy (non-hydrogen) atoms. The second kappa shape index (κ2) is 10.8. The number of rotatable bonds is 7. The van der Waals surface area contributed by atoms with E-state index >= 15 is 0 Å². The van der Waals surface area contributed by atoms with Crippen LogP contribution in [0.1, 0.15) is 43.0 Å². The highest BCUT2D eigenvalue weighted by atomic mass is 19.4. The van der Waals surface area contributed by atoms with Crippen molar-refractivity contribution < 1.29 is 40.6 Å². The molecule has 3 rings (SSSR count). The SMILES string of the molecule is CN1C[C@@](COCc2cc(C(F)(F)F)cc(C(F)(F)F)c2)(c2ccccc2)N=C1CNC(=O)OC(C)(C)C. The number of alkyl halides is 6. The molecular weight excluding hydrogens is 516 g/mol. The third-order valence-electron chi connectivity index (χ3n) is 5.64. The van der Waals surface area contributed by atoms with Crippen LogP contribution in [0.15, 0.2) is 53.5 Å². The minimum Gasteiger partial charge on any atom is -0.444 e. The summed E-state index contributed by atoms with van der Waals surface area (Å²) >= 11 is 0. The van der Waals surface area contributed by atoms with Gasteiger partial charge in [-0.2, -0.15) is 26.3 Å². The van der Waals surface area contributed by atoms with E-state index in [0.717, 1.165) is 5.56 Å². The first-order chi connectivity index (χ1) is 17.5. The van der Waals surface area contributed by atoms with Gasteiger partial charge >= 0.3 is 18.4 Å². The fourth-order valence-corrected chi connectivity index (χ4v) is 4.00. The molecule has 2 aromatic rings. The first kappa shape index (κ1) is 29.3. The lowest BCUT2D eigenvalue weighted by Gasteiger charge is -2.27. The zero-order valence-corrected chi connectivity index (χ0v) is 21.3. The Labute approximate surface area is 216 Å². The van der Waals surface area contributed by atoms with Crippen LogP contribution in [0, 0.1) is 0 Å². The van der Waals surface area contributed by atoms with Crippen molar-refractivity contribution >= 4 is 11.9 Å². The fraction of sp³-hybridized carbons (Fsp3) is 0.462. The maximum absolute atomic E-state index is 13.2. The van der Waals surface area contributed by atoms with Gasteiger partial charge in [0.15, 0.2) is 0 Å². The molecule has 1 atom stereocenters. The van der Waals surface area contributed by atoms with Gasteiger partial charge in [0.1, 0.15) is 17.0 Å². The minimum absolute atomic E-state index is 0.0442. The van der Waals surface area contributed by atoms with Gasteiger partial charge in [-0.3, -0.25) is 4.99 Å². The first-order valence-electron chi connectivity index (χ1n) is 11.7. The molecule has 1 aliphatic heterocycles. The van der Waals surface area contributed by atoms with E-state index in [-0.39, 0.29) is 24.8 Å². The van der Waals surface area contributed by atoms with Gasteiger partial charge in [0.05, 0.1) is 37.4 Å². The van der Waals surface area contributed by atoms with E-state index in [2.05, 4.69) is 5.32 Å². The number of hydrogen-bond donors (Lipinski definition) is 1. The van der Waals surface area contributed by atoms with Gasteiger partial charge in [-0.1, -0.05) is 30.3 Å². The van der Waals surface area contributed by atoms with E-state index < -0.39 is 47.3 Å². The number of likely N-dealkylation sites (N-methyl/N-ethyl adjacent to an activating group) is 1. The van der Waals surface area contributed by atoms with Gasteiger partial charge in [-0.05, 0) is 50.1 Å². The predicted octanol–water partition coefficient (Wildman–Crippen LogP) is 6.00. The average molecular weight is 546 g/mol. The van der Waals surface area contributed by atoms with E-state index in [4.69, 9.17) is 14.5 Å². The van der Waals surface area contributed by atoms with Crippen molar-refractivity contribution in [1.82, 2.24) is 10.2 Å². The molecule has 0 bridgehead atoms. The Bertz CT molecular complexity index is 1130. The molecule has 0 aromatic heterocycles. The van der Waals surface area contributed by atoms with Crippen LogP contribution in [0.4, 0.5) is 31.1 Å². The third-order valence-corrected chi connectivity index (χ3v) is 5.64.